The summed E-state index contributed by atoms with van der Waals surface area (Å²) in [6.07, 6.45) is 9.29. The lowest BCUT2D eigenvalue weighted by atomic mass is 9.92. The van der Waals surface area contributed by atoms with Gasteiger partial charge in [-0.15, -0.1) is 0 Å². The van der Waals surface area contributed by atoms with Gasteiger partial charge in [-0.05, 0) is 49.8 Å². The van der Waals surface area contributed by atoms with Crippen molar-refractivity contribution in [2.75, 3.05) is 18.0 Å². The van der Waals surface area contributed by atoms with Gasteiger partial charge in [-0.3, -0.25) is 4.98 Å². The molecule has 0 spiro atoms. The Morgan fingerprint density at radius 3 is 3.05 bits per heavy atom. The van der Waals surface area contributed by atoms with Gasteiger partial charge in [-0.25, -0.2) is 9.97 Å². The van der Waals surface area contributed by atoms with Crippen molar-refractivity contribution in [2.45, 2.75) is 26.2 Å². The monoisotopic (exact) mass is 268 g/mol. The Morgan fingerprint density at radius 1 is 1.30 bits per heavy atom. The Kier molecular flexibility index (Phi) is 3.90. The number of rotatable bonds is 3. The smallest absolute Gasteiger partial charge is 0.132 e. The Labute approximate surface area is 119 Å². The number of aryl methyl sites for hydroxylation is 1. The topological polar surface area (TPSA) is 41.9 Å². The fraction of sp³-hybridized carbons (Fsp3) is 0.438. The zero-order valence-electron chi connectivity index (χ0n) is 11.9. The SMILES string of the molecule is Cc1nccc(N2CCCC(Cc3cccnc3)C2)n1. The summed E-state index contributed by atoms with van der Waals surface area (Å²) < 4.78 is 0. The van der Waals surface area contributed by atoms with Crippen LogP contribution < -0.4 is 4.90 Å². The van der Waals surface area contributed by atoms with Crippen molar-refractivity contribution >= 4 is 5.82 Å². The van der Waals surface area contributed by atoms with Crippen LogP contribution in [-0.4, -0.2) is 28.0 Å². The first-order valence-electron chi connectivity index (χ1n) is 7.25. The van der Waals surface area contributed by atoms with Gasteiger partial charge in [0.15, 0.2) is 0 Å². The minimum Gasteiger partial charge on any atom is -0.356 e. The Bertz CT molecular complexity index is 555. The predicted octanol–water partition coefficient (Wildman–Crippen LogP) is 2.64. The van der Waals surface area contributed by atoms with Crippen molar-refractivity contribution in [1.82, 2.24) is 15.0 Å². The second-order valence-electron chi connectivity index (χ2n) is 5.48. The van der Waals surface area contributed by atoms with Gasteiger partial charge in [-0.1, -0.05) is 6.07 Å². The zero-order chi connectivity index (χ0) is 13.8. The fourth-order valence-corrected chi connectivity index (χ4v) is 2.91. The molecular formula is C16H20N4. The Balaban J connectivity index is 1.67. The number of nitrogens with zero attached hydrogens (tertiary/aromatic N) is 4. The molecule has 0 N–H and O–H groups in total. The summed E-state index contributed by atoms with van der Waals surface area (Å²) in [5.41, 5.74) is 1.33. The molecule has 1 aliphatic rings. The van der Waals surface area contributed by atoms with Crippen molar-refractivity contribution in [3.8, 4) is 0 Å². The summed E-state index contributed by atoms with van der Waals surface area (Å²) in [5.74, 6) is 2.59. The van der Waals surface area contributed by atoms with E-state index in [-0.39, 0.29) is 0 Å². The molecule has 20 heavy (non-hydrogen) atoms. The van der Waals surface area contributed by atoms with Gasteiger partial charge in [-0.2, -0.15) is 0 Å². The molecular weight excluding hydrogens is 248 g/mol. The van der Waals surface area contributed by atoms with E-state index < -0.39 is 0 Å². The minimum absolute atomic E-state index is 0.684. The van der Waals surface area contributed by atoms with E-state index in [1.54, 1.807) is 0 Å². The van der Waals surface area contributed by atoms with Crippen molar-refractivity contribution in [3.05, 3.63) is 48.2 Å². The van der Waals surface area contributed by atoms with Crippen LogP contribution in [0.25, 0.3) is 0 Å². The van der Waals surface area contributed by atoms with Crippen molar-refractivity contribution in [2.24, 2.45) is 5.92 Å². The van der Waals surface area contributed by atoms with Crippen LogP contribution in [0.5, 0.6) is 0 Å². The maximum absolute atomic E-state index is 4.54. The zero-order valence-corrected chi connectivity index (χ0v) is 11.9. The van der Waals surface area contributed by atoms with Crippen LogP contribution in [0.4, 0.5) is 5.82 Å². The van der Waals surface area contributed by atoms with Gasteiger partial charge in [0.1, 0.15) is 11.6 Å². The first kappa shape index (κ1) is 13.0. The summed E-state index contributed by atoms with van der Waals surface area (Å²) in [5, 5.41) is 0. The molecule has 2 aromatic heterocycles. The van der Waals surface area contributed by atoms with Crippen molar-refractivity contribution < 1.29 is 0 Å². The molecule has 0 aromatic carbocycles. The van der Waals surface area contributed by atoms with Crippen molar-refractivity contribution in [1.29, 1.82) is 0 Å². The average molecular weight is 268 g/mol. The highest BCUT2D eigenvalue weighted by Crippen LogP contribution is 2.24. The molecule has 1 unspecified atom stereocenters. The summed E-state index contributed by atoms with van der Waals surface area (Å²) in [4.78, 5) is 15.3. The normalized spacial score (nSPS) is 19.1. The second-order valence-corrected chi connectivity index (χ2v) is 5.48. The molecule has 1 aliphatic heterocycles. The average Bonchev–Trinajstić information content (AvgIpc) is 2.49. The molecule has 2 aromatic rings. The molecule has 1 fully saturated rings. The largest absolute Gasteiger partial charge is 0.356 e. The third-order valence-electron chi connectivity index (χ3n) is 3.85. The van der Waals surface area contributed by atoms with E-state index in [1.807, 2.05) is 37.6 Å². The molecule has 4 heteroatoms. The summed E-state index contributed by atoms with van der Waals surface area (Å²) in [6.45, 7) is 4.12. The van der Waals surface area contributed by atoms with Crippen LogP contribution in [-0.2, 0) is 6.42 Å². The Morgan fingerprint density at radius 2 is 2.25 bits per heavy atom. The predicted molar refractivity (Wildman–Crippen MR) is 79.6 cm³/mol. The number of piperidine rings is 1. The fourth-order valence-electron chi connectivity index (χ4n) is 2.91. The van der Waals surface area contributed by atoms with E-state index in [9.17, 15) is 0 Å². The van der Waals surface area contributed by atoms with E-state index >= 15 is 0 Å². The molecule has 0 amide bonds. The molecule has 0 bridgehead atoms. The molecule has 1 atom stereocenters. The molecule has 3 rings (SSSR count). The van der Waals surface area contributed by atoms with E-state index in [0.29, 0.717) is 5.92 Å². The molecule has 0 aliphatic carbocycles. The highest BCUT2D eigenvalue weighted by atomic mass is 15.2. The second kappa shape index (κ2) is 5.99. The standard InChI is InChI=1S/C16H20N4/c1-13-18-8-6-16(19-13)20-9-3-5-15(12-20)10-14-4-2-7-17-11-14/h2,4,6-8,11,15H,3,5,9-10,12H2,1H3. The van der Waals surface area contributed by atoms with Crippen molar-refractivity contribution in [3.63, 3.8) is 0 Å². The lowest BCUT2D eigenvalue weighted by Crippen LogP contribution is -2.36. The van der Waals surface area contributed by atoms with Gasteiger partial charge in [0.25, 0.3) is 0 Å². The molecule has 3 heterocycles. The van der Waals surface area contributed by atoms with Crippen LogP contribution in [0, 0.1) is 12.8 Å². The number of aromatic nitrogens is 3. The maximum atomic E-state index is 4.54. The van der Waals surface area contributed by atoms with Gasteiger partial charge in [0, 0.05) is 31.7 Å². The number of hydrogen-bond donors (Lipinski definition) is 0. The lowest BCUT2D eigenvalue weighted by Gasteiger charge is -2.33. The van der Waals surface area contributed by atoms with E-state index in [4.69, 9.17) is 0 Å². The molecule has 0 radical (unpaired) electrons. The first-order valence-corrected chi connectivity index (χ1v) is 7.25. The van der Waals surface area contributed by atoms with Crippen LogP contribution in [0.15, 0.2) is 36.8 Å². The Hall–Kier alpha value is -1.97. The highest BCUT2D eigenvalue weighted by molar-refractivity contribution is 5.38. The van der Waals surface area contributed by atoms with E-state index in [0.717, 1.165) is 31.2 Å². The third-order valence-corrected chi connectivity index (χ3v) is 3.85. The van der Waals surface area contributed by atoms with Crippen LogP contribution in [0.1, 0.15) is 24.2 Å². The van der Waals surface area contributed by atoms with E-state index in [2.05, 4.69) is 25.9 Å². The first-order chi connectivity index (χ1) is 9.81. The third kappa shape index (κ3) is 3.13. The quantitative estimate of drug-likeness (QED) is 0.858. The van der Waals surface area contributed by atoms with Gasteiger partial charge >= 0.3 is 0 Å². The summed E-state index contributed by atoms with van der Waals surface area (Å²) in [6, 6.07) is 6.20. The minimum atomic E-state index is 0.684. The molecule has 4 nitrogen and oxygen atoms in total. The van der Waals surface area contributed by atoms with Crippen LogP contribution >= 0.6 is 0 Å². The van der Waals surface area contributed by atoms with Gasteiger partial charge in [0.05, 0.1) is 0 Å². The van der Waals surface area contributed by atoms with Gasteiger partial charge < -0.3 is 4.90 Å². The number of pyridine rings is 1. The van der Waals surface area contributed by atoms with Gasteiger partial charge in [0.2, 0.25) is 0 Å². The summed E-state index contributed by atoms with van der Waals surface area (Å²) >= 11 is 0. The molecule has 1 saturated heterocycles. The van der Waals surface area contributed by atoms with E-state index in [1.165, 1.54) is 18.4 Å². The molecule has 0 saturated carbocycles. The van der Waals surface area contributed by atoms with Crippen LogP contribution in [0.3, 0.4) is 0 Å². The number of hydrogen-bond acceptors (Lipinski definition) is 4. The number of anilines is 1. The lowest BCUT2D eigenvalue weighted by molar-refractivity contribution is 0.411. The highest BCUT2D eigenvalue weighted by Gasteiger charge is 2.21. The van der Waals surface area contributed by atoms with Crippen LogP contribution in [0.2, 0.25) is 0 Å². The molecule has 104 valence electrons. The summed E-state index contributed by atoms with van der Waals surface area (Å²) in [7, 11) is 0. The maximum Gasteiger partial charge on any atom is 0.132 e.